The van der Waals surface area contributed by atoms with Gasteiger partial charge in [0.2, 0.25) is 0 Å². The molecule has 0 radical (unpaired) electrons. The van der Waals surface area contributed by atoms with Crippen molar-refractivity contribution in [3.05, 3.63) is 83.2 Å². The molecule has 3 aromatic rings. The lowest BCUT2D eigenvalue weighted by Crippen LogP contribution is -2.34. The summed E-state index contributed by atoms with van der Waals surface area (Å²) in [6, 6.07) is 16.1. The van der Waals surface area contributed by atoms with Gasteiger partial charge >= 0.3 is 12.1 Å². The normalized spacial score (nSPS) is 12.4. The zero-order valence-electron chi connectivity index (χ0n) is 26.2. The smallest absolute Gasteiger partial charge is 0.408 e. The van der Waals surface area contributed by atoms with Crippen LogP contribution in [-0.4, -0.2) is 36.2 Å². The van der Waals surface area contributed by atoms with E-state index >= 15 is 4.39 Å². The summed E-state index contributed by atoms with van der Waals surface area (Å²) >= 11 is 0. The molecule has 0 unspecified atom stereocenters. The van der Waals surface area contributed by atoms with Crippen LogP contribution in [0.25, 0.3) is 11.1 Å². The van der Waals surface area contributed by atoms with E-state index in [4.69, 9.17) is 14.2 Å². The molecule has 0 aromatic heterocycles. The highest BCUT2D eigenvalue weighted by Gasteiger charge is 2.22. The molecular formula is C34H41F3N2O5. The number of hydrogen-bond acceptors (Lipinski definition) is 6. The van der Waals surface area contributed by atoms with Crippen molar-refractivity contribution in [2.75, 3.05) is 11.9 Å². The summed E-state index contributed by atoms with van der Waals surface area (Å²) in [7, 11) is 0. The molecule has 44 heavy (non-hydrogen) atoms. The molecule has 0 fully saturated rings. The van der Waals surface area contributed by atoms with E-state index in [2.05, 4.69) is 10.6 Å². The Morgan fingerprint density at radius 2 is 1.57 bits per heavy atom. The van der Waals surface area contributed by atoms with Crippen LogP contribution in [0, 0.1) is 5.82 Å². The third kappa shape index (κ3) is 10.8. The molecule has 0 bridgehead atoms. The fraction of sp³-hybridized carbons (Fsp3) is 0.412. The number of ether oxygens (including phenoxy) is 3. The van der Waals surface area contributed by atoms with Crippen molar-refractivity contribution in [1.82, 2.24) is 5.32 Å². The van der Waals surface area contributed by atoms with Gasteiger partial charge in [-0.3, -0.25) is 4.79 Å². The first-order valence-corrected chi connectivity index (χ1v) is 14.4. The summed E-state index contributed by atoms with van der Waals surface area (Å²) in [4.78, 5) is 24.7. The molecule has 3 rings (SSSR count). The predicted molar refractivity (Wildman–Crippen MR) is 164 cm³/mol. The molecule has 7 nitrogen and oxygen atoms in total. The topological polar surface area (TPSA) is 85.9 Å². The zero-order chi connectivity index (χ0) is 32.7. The Kier molecular flexibility index (Phi) is 11.3. The summed E-state index contributed by atoms with van der Waals surface area (Å²) in [6.07, 6.45) is -3.28. The second-order valence-corrected chi connectivity index (χ2v) is 12.4. The predicted octanol–water partition coefficient (Wildman–Crippen LogP) is 8.22. The molecule has 0 saturated heterocycles. The Bertz CT molecular complexity index is 1450. The first-order chi connectivity index (χ1) is 20.5. The van der Waals surface area contributed by atoms with Gasteiger partial charge in [-0.2, -0.15) is 0 Å². The van der Waals surface area contributed by atoms with Crippen LogP contribution in [0.3, 0.4) is 0 Å². The molecule has 0 spiro atoms. The maximum absolute atomic E-state index is 15.9. The molecular weight excluding hydrogens is 573 g/mol. The Hall–Kier alpha value is -4.21. The molecule has 2 N–H and O–H groups in total. The number of carbonyl (C=O) groups is 2. The summed E-state index contributed by atoms with van der Waals surface area (Å²) < 4.78 is 58.8. The number of hydrogen-bond donors (Lipinski definition) is 2. The molecule has 0 heterocycles. The Balaban J connectivity index is 1.90. The minimum absolute atomic E-state index is 0.00218. The van der Waals surface area contributed by atoms with Crippen LogP contribution in [0.1, 0.15) is 71.2 Å². The van der Waals surface area contributed by atoms with E-state index in [1.165, 1.54) is 0 Å². The van der Waals surface area contributed by atoms with E-state index in [-0.39, 0.29) is 24.2 Å². The molecule has 0 aliphatic carbocycles. The van der Waals surface area contributed by atoms with Crippen molar-refractivity contribution in [2.45, 2.75) is 85.2 Å². The number of anilines is 1. The van der Waals surface area contributed by atoms with Crippen molar-refractivity contribution in [1.29, 1.82) is 0 Å². The minimum Gasteiger partial charge on any atom is -0.489 e. The van der Waals surface area contributed by atoms with Crippen molar-refractivity contribution in [3.8, 4) is 16.9 Å². The number of esters is 1. The van der Waals surface area contributed by atoms with Crippen LogP contribution in [0.15, 0.2) is 60.7 Å². The molecule has 238 valence electrons. The summed E-state index contributed by atoms with van der Waals surface area (Å²) in [5, 5.41) is 5.34. The molecule has 3 aromatic carbocycles. The van der Waals surface area contributed by atoms with E-state index in [9.17, 15) is 18.4 Å². The Morgan fingerprint density at radius 1 is 0.886 bits per heavy atom. The maximum Gasteiger partial charge on any atom is 0.408 e. The molecule has 0 aliphatic heterocycles. The highest BCUT2D eigenvalue weighted by atomic mass is 19.3. The van der Waals surface area contributed by atoms with Crippen LogP contribution < -0.4 is 15.4 Å². The molecule has 10 heteroatoms. The van der Waals surface area contributed by atoms with Crippen molar-refractivity contribution in [3.63, 3.8) is 0 Å². The largest absolute Gasteiger partial charge is 0.489 e. The second-order valence-electron chi connectivity index (χ2n) is 12.4. The van der Waals surface area contributed by atoms with Gasteiger partial charge in [0, 0.05) is 22.4 Å². The van der Waals surface area contributed by atoms with Crippen LogP contribution in [0.4, 0.5) is 23.7 Å². The standard InChI is InChI=1S/C34H41F3N2O5/c1-21(39-32(41)44-34(5,6)7)26-12-10-13-27(31(26)37)24-15-22(16-25(17-24)38-19-29(35)36)20-42-28-14-9-8-11-23(28)18-30(40)43-33(2,3)4/h8-17,21,29,38H,18-20H2,1-7H3,(H,39,41)/t21-/m0/s1. The Labute approximate surface area is 257 Å². The zero-order valence-corrected chi connectivity index (χ0v) is 26.2. The third-order valence-electron chi connectivity index (χ3n) is 6.11. The van der Waals surface area contributed by atoms with Crippen LogP contribution >= 0.6 is 0 Å². The molecule has 1 atom stereocenters. The highest BCUT2D eigenvalue weighted by molar-refractivity contribution is 5.74. The number of alkyl halides is 2. The number of nitrogens with one attached hydrogen (secondary N) is 2. The van der Waals surface area contributed by atoms with Gasteiger partial charge in [-0.05, 0) is 83.9 Å². The lowest BCUT2D eigenvalue weighted by Gasteiger charge is -2.22. The number of amides is 1. The van der Waals surface area contributed by atoms with Gasteiger partial charge in [-0.15, -0.1) is 0 Å². The SMILES string of the molecule is C[C@H](NC(=O)OC(C)(C)C)c1cccc(-c2cc(COc3ccccc3CC(=O)OC(C)(C)C)cc(NCC(F)F)c2)c1F. The van der Waals surface area contributed by atoms with Gasteiger partial charge in [0.15, 0.2) is 0 Å². The van der Waals surface area contributed by atoms with Crippen molar-refractivity contribution < 1.29 is 37.0 Å². The van der Waals surface area contributed by atoms with Gasteiger partial charge in [0.05, 0.1) is 19.0 Å². The second kappa shape index (κ2) is 14.5. The van der Waals surface area contributed by atoms with Gasteiger partial charge in [-0.1, -0.05) is 36.4 Å². The maximum atomic E-state index is 15.9. The fourth-order valence-electron chi connectivity index (χ4n) is 4.38. The average Bonchev–Trinajstić information content (AvgIpc) is 2.89. The van der Waals surface area contributed by atoms with Gasteiger partial charge in [-0.25, -0.2) is 18.0 Å². The molecule has 0 aliphatic rings. The van der Waals surface area contributed by atoms with E-state index in [1.54, 1.807) is 109 Å². The highest BCUT2D eigenvalue weighted by Crippen LogP contribution is 2.32. The van der Waals surface area contributed by atoms with E-state index < -0.39 is 48.1 Å². The van der Waals surface area contributed by atoms with E-state index in [0.717, 1.165) is 0 Å². The van der Waals surface area contributed by atoms with Crippen molar-refractivity contribution >= 4 is 17.7 Å². The quantitative estimate of drug-likeness (QED) is 0.212. The van der Waals surface area contributed by atoms with Gasteiger partial charge in [0.1, 0.15) is 29.4 Å². The van der Waals surface area contributed by atoms with Crippen LogP contribution in [0.5, 0.6) is 5.75 Å². The minimum atomic E-state index is -2.60. The number of halogens is 3. The Morgan fingerprint density at radius 3 is 2.23 bits per heavy atom. The van der Waals surface area contributed by atoms with E-state index in [1.807, 2.05) is 0 Å². The number of alkyl carbamates (subject to hydrolysis) is 1. The number of para-hydroxylation sites is 1. The van der Waals surface area contributed by atoms with Crippen LogP contribution in [-0.2, 0) is 27.3 Å². The lowest BCUT2D eigenvalue weighted by atomic mass is 9.97. The average molecular weight is 615 g/mol. The summed E-state index contributed by atoms with van der Waals surface area (Å²) in [6.45, 7) is 11.6. The number of carbonyl (C=O) groups excluding carboxylic acids is 2. The number of rotatable bonds is 11. The monoisotopic (exact) mass is 614 g/mol. The number of benzene rings is 3. The summed E-state index contributed by atoms with van der Waals surface area (Å²) in [5.41, 5.74) is 1.08. The van der Waals surface area contributed by atoms with E-state index in [0.29, 0.717) is 28.1 Å². The van der Waals surface area contributed by atoms with Crippen LogP contribution in [0.2, 0.25) is 0 Å². The van der Waals surface area contributed by atoms with Gasteiger partial charge in [0.25, 0.3) is 6.43 Å². The first kappa shape index (κ1) is 34.3. The fourth-order valence-corrected chi connectivity index (χ4v) is 4.38. The molecule has 0 saturated carbocycles. The first-order valence-electron chi connectivity index (χ1n) is 14.4. The molecule has 1 amide bonds. The summed E-state index contributed by atoms with van der Waals surface area (Å²) in [5.74, 6) is -0.516. The van der Waals surface area contributed by atoms with Gasteiger partial charge < -0.3 is 24.8 Å². The lowest BCUT2D eigenvalue weighted by molar-refractivity contribution is -0.153. The van der Waals surface area contributed by atoms with Crippen molar-refractivity contribution in [2.24, 2.45) is 0 Å². The third-order valence-corrected chi connectivity index (χ3v) is 6.11.